The van der Waals surface area contributed by atoms with E-state index in [1.165, 1.54) is 7.11 Å². The Balaban J connectivity index is 4.30. The van der Waals surface area contributed by atoms with Gasteiger partial charge in [-0.15, -0.1) is 0 Å². The monoisotopic (exact) mass is 199 g/mol. The Hall–Kier alpha value is -1.57. The normalized spacial score (nSPS) is 13.5. The van der Waals surface area contributed by atoms with Crippen LogP contribution >= 0.6 is 0 Å². The smallest absolute Gasteiger partial charge is 0.312 e. The zero-order valence-corrected chi connectivity index (χ0v) is 8.23. The summed E-state index contributed by atoms with van der Waals surface area (Å²) in [4.78, 5) is 21.2. The number of hydrogen-bond donors (Lipinski definition) is 0. The molecule has 2 atom stereocenters. The maximum absolute atomic E-state index is 11.2. The number of esters is 1. The molecule has 0 aromatic carbocycles. The van der Waals surface area contributed by atoms with Gasteiger partial charge in [-0.2, -0.15) is 5.26 Å². The molecule has 5 nitrogen and oxygen atoms in total. The lowest BCUT2D eigenvalue weighted by Crippen LogP contribution is -2.27. The maximum atomic E-state index is 11.2. The van der Waals surface area contributed by atoms with Crippen LogP contribution in [0.5, 0.6) is 0 Å². The molecule has 0 heterocycles. The van der Waals surface area contributed by atoms with Gasteiger partial charge in [-0.25, -0.2) is 0 Å². The molecule has 0 aliphatic heterocycles. The molecule has 0 rings (SSSR count). The van der Waals surface area contributed by atoms with Gasteiger partial charge in [0.05, 0.1) is 19.1 Å². The van der Waals surface area contributed by atoms with Crippen molar-refractivity contribution in [2.45, 2.75) is 13.3 Å². The lowest BCUT2D eigenvalue weighted by molar-refractivity contribution is -0.151. The molecule has 0 saturated heterocycles. The van der Waals surface area contributed by atoms with Crippen molar-refractivity contribution in [3.63, 3.8) is 0 Å². The fraction of sp³-hybridized carbons (Fsp3) is 0.667. The number of ether oxygens (including phenoxy) is 2. The van der Waals surface area contributed by atoms with Crippen LogP contribution in [-0.4, -0.2) is 26.2 Å². The van der Waals surface area contributed by atoms with Crippen LogP contribution in [0.25, 0.3) is 0 Å². The highest BCUT2D eigenvalue weighted by molar-refractivity contribution is 5.72. The standard InChI is InChI=1S/C9H13NO4/c1-7(3-4-10)8(5-14-6-11)9(12)13-2/h6-8H,3,5H2,1-2H3/t7-,8?/m0/s1. The van der Waals surface area contributed by atoms with Gasteiger partial charge in [0.1, 0.15) is 6.61 Å². The molecule has 0 fully saturated rings. The minimum atomic E-state index is -0.565. The first-order valence-corrected chi connectivity index (χ1v) is 4.17. The summed E-state index contributed by atoms with van der Waals surface area (Å²) in [5.74, 6) is -1.22. The van der Waals surface area contributed by atoms with E-state index < -0.39 is 11.9 Å². The van der Waals surface area contributed by atoms with Gasteiger partial charge in [-0.1, -0.05) is 6.92 Å². The Bertz CT molecular complexity index is 233. The van der Waals surface area contributed by atoms with Crippen molar-refractivity contribution in [2.24, 2.45) is 11.8 Å². The Morgan fingerprint density at radius 1 is 1.64 bits per heavy atom. The van der Waals surface area contributed by atoms with Gasteiger partial charge in [0.15, 0.2) is 0 Å². The summed E-state index contributed by atoms with van der Waals surface area (Å²) >= 11 is 0. The van der Waals surface area contributed by atoms with Crippen molar-refractivity contribution in [2.75, 3.05) is 13.7 Å². The van der Waals surface area contributed by atoms with Gasteiger partial charge < -0.3 is 9.47 Å². The molecule has 0 aromatic heterocycles. The summed E-state index contributed by atoms with van der Waals surface area (Å²) in [6, 6.07) is 1.95. The molecule has 0 aliphatic carbocycles. The van der Waals surface area contributed by atoms with Gasteiger partial charge in [-0.3, -0.25) is 9.59 Å². The number of methoxy groups -OCH3 is 1. The Kier molecular flexibility index (Phi) is 6.12. The van der Waals surface area contributed by atoms with Gasteiger partial charge in [0.25, 0.3) is 6.47 Å². The average Bonchev–Trinajstić information content (AvgIpc) is 2.18. The molecule has 0 radical (unpaired) electrons. The first kappa shape index (κ1) is 12.4. The summed E-state index contributed by atoms with van der Waals surface area (Å²) < 4.78 is 9.03. The van der Waals surface area contributed by atoms with E-state index in [1.54, 1.807) is 6.92 Å². The highest BCUT2D eigenvalue weighted by atomic mass is 16.5. The number of carbonyl (C=O) groups excluding carboxylic acids is 2. The molecule has 1 unspecified atom stereocenters. The van der Waals surface area contributed by atoms with Crippen molar-refractivity contribution in [1.29, 1.82) is 5.26 Å². The maximum Gasteiger partial charge on any atom is 0.312 e. The Morgan fingerprint density at radius 2 is 2.29 bits per heavy atom. The lowest BCUT2D eigenvalue weighted by atomic mass is 9.92. The minimum absolute atomic E-state index is 0.0426. The van der Waals surface area contributed by atoms with Crippen LogP contribution in [0.2, 0.25) is 0 Å². The predicted molar refractivity (Wildman–Crippen MR) is 46.9 cm³/mol. The van der Waals surface area contributed by atoms with Gasteiger partial charge in [0, 0.05) is 6.42 Å². The number of nitriles is 1. The number of nitrogens with zero attached hydrogens (tertiary/aromatic N) is 1. The van der Waals surface area contributed by atoms with E-state index in [-0.39, 0.29) is 25.4 Å². The van der Waals surface area contributed by atoms with Crippen LogP contribution in [0, 0.1) is 23.2 Å². The zero-order valence-electron chi connectivity index (χ0n) is 8.23. The number of rotatable bonds is 6. The third-order valence-electron chi connectivity index (χ3n) is 1.95. The second kappa shape index (κ2) is 6.89. The summed E-state index contributed by atoms with van der Waals surface area (Å²) in [5, 5.41) is 8.45. The first-order chi connectivity index (χ1) is 6.67. The second-order valence-electron chi connectivity index (χ2n) is 2.90. The van der Waals surface area contributed by atoms with E-state index in [4.69, 9.17) is 5.26 Å². The number of hydrogen-bond acceptors (Lipinski definition) is 5. The largest absolute Gasteiger partial charge is 0.469 e. The molecule has 0 bridgehead atoms. The fourth-order valence-corrected chi connectivity index (χ4v) is 1.05. The van der Waals surface area contributed by atoms with Gasteiger partial charge in [0.2, 0.25) is 0 Å². The molecule has 0 aliphatic rings. The summed E-state index contributed by atoms with van der Waals surface area (Å²) in [6.07, 6.45) is 0.224. The van der Waals surface area contributed by atoms with Crippen LogP contribution in [0.15, 0.2) is 0 Å². The van der Waals surface area contributed by atoms with Crippen molar-refractivity contribution in [3.8, 4) is 6.07 Å². The van der Waals surface area contributed by atoms with E-state index in [1.807, 2.05) is 6.07 Å². The van der Waals surface area contributed by atoms with Crippen molar-refractivity contribution in [3.05, 3.63) is 0 Å². The second-order valence-corrected chi connectivity index (χ2v) is 2.90. The molecule has 14 heavy (non-hydrogen) atoms. The van der Waals surface area contributed by atoms with Crippen molar-refractivity contribution < 1.29 is 19.1 Å². The molecule has 78 valence electrons. The lowest BCUT2D eigenvalue weighted by Gasteiger charge is -2.17. The molecule has 0 N–H and O–H groups in total. The predicted octanol–water partition coefficient (Wildman–Crippen LogP) is 0.498. The Morgan fingerprint density at radius 3 is 2.71 bits per heavy atom. The van der Waals surface area contributed by atoms with E-state index in [2.05, 4.69) is 9.47 Å². The highest BCUT2D eigenvalue weighted by Crippen LogP contribution is 2.16. The average molecular weight is 199 g/mol. The molecule has 0 saturated carbocycles. The van der Waals surface area contributed by atoms with Crippen LogP contribution in [0.3, 0.4) is 0 Å². The Labute approximate surface area is 82.6 Å². The highest BCUT2D eigenvalue weighted by Gasteiger charge is 2.26. The third kappa shape index (κ3) is 3.90. The topological polar surface area (TPSA) is 76.4 Å². The molecular formula is C9H13NO4. The SMILES string of the molecule is COC(=O)C(COC=O)[C@@H](C)CC#N. The van der Waals surface area contributed by atoms with E-state index in [0.29, 0.717) is 0 Å². The minimum Gasteiger partial charge on any atom is -0.469 e. The van der Waals surface area contributed by atoms with Crippen LogP contribution in [-0.2, 0) is 19.1 Å². The fourth-order valence-electron chi connectivity index (χ4n) is 1.05. The van der Waals surface area contributed by atoms with E-state index >= 15 is 0 Å². The van der Waals surface area contributed by atoms with Crippen molar-refractivity contribution >= 4 is 12.4 Å². The van der Waals surface area contributed by atoms with Crippen molar-refractivity contribution in [1.82, 2.24) is 0 Å². The van der Waals surface area contributed by atoms with Gasteiger partial charge >= 0.3 is 5.97 Å². The first-order valence-electron chi connectivity index (χ1n) is 4.17. The molecule has 0 spiro atoms. The van der Waals surface area contributed by atoms with Crippen LogP contribution < -0.4 is 0 Å². The van der Waals surface area contributed by atoms with Crippen LogP contribution in [0.4, 0.5) is 0 Å². The molecule has 0 amide bonds. The summed E-state index contributed by atoms with van der Waals surface area (Å²) in [6.45, 7) is 1.97. The van der Waals surface area contributed by atoms with Crippen LogP contribution in [0.1, 0.15) is 13.3 Å². The summed E-state index contributed by atoms with van der Waals surface area (Å²) in [5.41, 5.74) is 0. The number of carbonyl (C=O) groups is 2. The van der Waals surface area contributed by atoms with Gasteiger partial charge in [-0.05, 0) is 5.92 Å². The zero-order chi connectivity index (χ0) is 11.0. The molecule has 5 heteroatoms. The van der Waals surface area contributed by atoms with E-state index in [0.717, 1.165) is 0 Å². The summed E-state index contributed by atoms with van der Waals surface area (Å²) in [7, 11) is 1.26. The quantitative estimate of drug-likeness (QED) is 0.460. The third-order valence-corrected chi connectivity index (χ3v) is 1.95. The molecule has 0 aromatic rings. The molecular weight excluding hydrogens is 186 g/mol. The van der Waals surface area contributed by atoms with E-state index in [9.17, 15) is 9.59 Å².